The van der Waals surface area contributed by atoms with Crippen LogP contribution in [0.25, 0.3) is 0 Å². The fraction of sp³-hybridized carbons (Fsp3) is 0.938. The molecule has 1 atom stereocenters. The standard InChI is InChI=1S/C16H32N2O2/c1-4-11-17-16(3,15(19)20)10-6-7-12-18(5-2)13-14-8-9-14/h14,17H,4-13H2,1-3H3,(H,19,20). The Morgan fingerprint density at radius 2 is 2.05 bits per heavy atom. The second kappa shape index (κ2) is 8.63. The molecule has 2 N–H and O–H groups in total. The maximum Gasteiger partial charge on any atom is 0.323 e. The molecule has 0 aromatic heterocycles. The van der Waals surface area contributed by atoms with Crippen LogP contribution in [0.1, 0.15) is 59.3 Å². The number of nitrogens with one attached hydrogen (secondary N) is 1. The quantitative estimate of drug-likeness (QED) is 0.541. The summed E-state index contributed by atoms with van der Waals surface area (Å²) >= 11 is 0. The van der Waals surface area contributed by atoms with E-state index in [4.69, 9.17) is 0 Å². The van der Waals surface area contributed by atoms with Crippen molar-refractivity contribution < 1.29 is 9.90 Å². The van der Waals surface area contributed by atoms with Crippen LogP contribution in [-0.2, 0) is 4.79 Å². The monoisotopic (exact) mass is 284 g/mol. The Labute approximate surface area is 123 Å². The lowest BCUT2D eigenvalue weighted by molar-refractivity contribution is -0.144. The number of rotatable bonds is 12. The molecule has 1 saturated carbocycles. The van der Waals surface area contributed by atoms with Gasteiger partial charge in [-0.05, 0) is 71.0 Å². The molecule has 1 unspecified atom stereocenters. The van der Waals surface area contributed by atoms with Crippen molar-refractivity contribution in [3.05, 3.63) is 0 Å². The van der Waals surface area contributed by atoms with E-state index in [1.807, 2.05) is 6.92 Å². The largest absolute Gasteiger partial charge is 0.480 e. The summed E-state index contributed by atoms with van der Waals surface area (Å²) in [6.07, 6.45) is 6.54. The number of carboxylic acids is 1. The summed E-state index contributed by atoms with van der Waals surface area (Å²) in [4.78, 5) is 13.9. The van der Waals surface area contributed by atoms with E-state index < -0.39 is 11.5 Å². The van der Waals surface area contributed by atoms with Gasteiger partial charge in [0.1, 0.15) is 5.54 Å². The molecule has 4 nitrogen and oxygen atoms in total. The highest BCUT2D eigenvalue weighted by Gasteiger charge is 2.31. The highest BCUT2D eigenvalue weighted by atomic mass is 16.4. The van der Waals surface area contributed by atoms with Crippen LogP contribution in [0.15, 0.2) is 0 Å². The zero-order valence-electron chi connectivity index (χ0n) is 13.5. The molecule has 1 rings (SSSR count). The number of hydrogen-bond donors (Lipinski definition) is 2. The number of carbonyl (C=O) groups is 1. The van der Waals surface area contributed by atoms with Gasteiger partial charge in [0.25, 0.3) is 0 Å². The summed E-state index contributed by atoms with van der Waals surface area (Å²) in [5.74, 6) is 0.210. The van der Waals surface area contributed by atoms with E-state index in [9.17, 15) is 9.90 Å². The molecule has 0 aliphatic heterocycles. The van der Waals surface area contributed by atoms with Crippen molar-refractivity contribution in [1.82, 2.24) is 10.2 Å². The van der Waals surface area contributed by atoms with Crippen molar-refractivity contribution in [3.63, 3.8) is 0 Å². The normalized spacial score (nSPS) is 18.2. The third-order valence-electron chi connectivity index (χ3n) is 4.30. The molecule has 0 aromatic carbocycles. The maximum atomic E-state index is 11.4. The van der Waals surface area contributed by atoms with Gasteiger partial charge in [-0.3, -0.25) is 4.79 Å². The zero-order chi connectivity index (χ0) is 15.0. The lowest BCUT2D eigenvalue weighted by Gasteiger charge is -2.27. The van der Waals surface area contributed by atoms with Gasteiger partial charge in [-0.15, -0.1) is 0 Å². The van der Waals surface area contributed by atoms with Crippen LogP contribution in [0.2, 0.25) is 0 Å². The lowest BCUT2D eigenvalue weighted by Crippen LogP contribution is -2.49. The molecular formula is C16H32N2O2. The highest BCUT2D eigenvalue weighted by Crippen LogP contribution is 2.29. The smallest absolute Gasteiger partial charge is 0.323 e. The minimum atomic E-state index is -0.760. The van der Waals surface area contributed by atoms with E-state index in [-0.39, 0.29) is 0 Å². The Morgan fingerprint density at radius 3 is 2.55 bits per heavy atom. The second-order valence-electron chi connectivity index (χ2n) is 6.36. The first kappa shape index (κ1) is 17.4. The van der Waals surface area contributed by atoms with Crippen molar-refractivity contribution in [2.24, 2.45) is 5.92 Å². The Balaban J connectivity index is 2.23. The van der Waals surface area contributed by atoms with Gasteiger partial charge < -0.3 is 15.3 Å². The van der Waals surface area contributed by atoms with Crippen LogP contribution in [0.5, 0.6) is 0 Å². The van der Waals surface area contributed by atoms with E-state index in [0.29, 0.717) is 6.42 Å². The number of hydrogen-bond acceptors (Lipinski definition) is 3. The van der Waals surface area contributed by atoms with Gasteiger partial charge in [0.15, 0.2) is 0 Å². The summed E-state index contributed by atoms with van der Waals surface area (Å²) in [5, 5.41) is 12.5. The van der Waals surface area contributed by atoms with Crippen molar-refractivity contribution in [1.29, 1.82) is 0 Å². The van der Waals surface area contributed by atoms with E-state index in [1.54, 1.807) is 0 Å². The SMILES string of the molecule is CCCNC(C)(CCCCN(CC)CC1CC1)C(=O)O. The van der Waals surface area contributed by atoms with Crippen molar-refractivity contribution in [2.45, 2.75) is 64.8 Å². The molecule has 0 spiro atoms. The van der Waals surface area contributed by atoms with Gasteiger partial charge in [0, 0.05) is 6.54 Å². The van der Waals surface area contributed by atoms with E-state index in [2.05, 4.69) is 24.1 Å². The molecule has 1 aliphatic rings. The first-order valence-electron chi connectivity index (χ1n) is 8.22. The Morgan fingerprint density at radius 1 is 1.35 bits per heavy atom. The van der Waals surface area contributed by atoms with Crippen LogP contribution >= 0.6 is 0 Å². The van der Waals surface area contributed by atoms with E-state index in [0.717, 1.165) is 44.8 Å². The van der Waals surface area contributed by atoms with E-state index >= 15 is 0 Å². The van der Waals surface area contributed by atoms with Gasteiger partial charge in [0.05, 0.1) is 0 Å². The molecule has 0 bridgehead atoms. The maximum absolute atomic E-state index is 11.4. The van der Waals surface area contributed by atoms with Gasteiger partial charge in [-0.25, -0.2) is 0 Å². The first-order chi connectivity index (χ1) is 9.51. The Kier molecular flexibility index (Phi) is 7.52. The first-order valence-corrected chi connectivity index (χ1v) is 8.22. The van der Waals surface area contributed by atoms with E-state index in [1.165, 1.54) is 19.4 Å². The fourth-order valence-corrected chi connectivity index (χ4v) is 2.53. The fourth-order valence-electron chi connectivity index (χ4n) is 2.53. The molecule has 4 heteroatoms. The molecule has 1 aliphatic carbocycles. The average Bonchev–Trinajstić information content (AvgIpc) is 3.23. The molecule has 118 valence electrons. The number of unbranched alkanes of at least 4 members (excludes halogenated alkanes) is 1. The Hall–Kier alpha value is -0.610. The molecular weight excluding hydrogens is 252 g/mol. The summed E-state index contributed by atoms with van der Waals surface area (Å²) in [6, 6.07) is 0. The van der Waals surface area contributed by atoms with Crippen LogP contribution in [-0.4, -0.2) is 47.7 Å². The average molecular weight is 284 g/mol. The minimum Gasteiger partial charge on any atom is -0.480 e. The molecule has 0 saturated heterocycles. The lowest BCUT2D eigenvalue weighted by atomic mass is 9.94. The minimum absolute atomic E-state index is 0.712. The van der Waals surface area contributed by atoms with Crippen LogP contribution < -0.4 is 5.32 Å². The van der Waals surface area contributed by atoms with Gasteiger partial charge in [-0.1, -0.05) is 13.8 Å². The highest BCUT2D eigenvalue weighted by molar-refractivity contribution is 5.78. The van der Waals surface area contributed by atoms with Gasteiger partial charge in [-0.2, -0.15) is 0 Å². The molecule has 0 aromatic rings. The topological polar surface area (TPSA) is 52.6 Å². The molecule has 20 heavy (non-hydrogen) atoms. The number of carboxylic acid groups (broad SMARTS) is 1. The van der Waals surface area contributed by atoms with Gasteiger partial charge in [0.2, 0.25) is 0 Å². The second-order valence-corrected chi connectivity index (χ2v) is 6.36. The summed E-state index contributed by atoms with van der Waals surface area (Å²) in [5.41, 5.74) is -0.760. The summed E-state index contributed by atoms with van der Waals surface area (Å²) in [6.45, 7) is 10.3. The third kappa shape index (κ3) is 6.23. The van der Waals surface area contributed by atoms with Crippen molar-refractivity contribution in [2.75, 3.05) is 26.2 Å². The summed E-state index contributed by atoms with van der Waals surface area (Å²) in [7, 11) is 0. The predicted octanol–water partition coefficient (Wildman–Crippen LogP) is 2.73. The molecule has 0 amide bonds. The van der Waals surface area contributed by atoms with Crippen LogP contribution in [0.3, 0.4) is 0 Å². The van der Waals surface area contributed by atoms with Crippen LogP contribution in [0.4, 0.5) is 0 Å². The molecule has 0 radical (unpaired) electrons. The number of nitrogens with zero attached hydrogens (tertiary/aromatic N) is 1. The predicted molar refractivity (Wildman–Crippen MR) is 83.0 cm³/mol. The van der Waals surface area contributed by atoms with Crippen LogP contribution in [0, 0.1) is 5.92 Å². The molecule has 1 fully saturated rings. The van der Waals surface area contributed by atoms with Crippen molar-refractivity contribution >= 4 is 5.97 Å². The molecule has 0 heterocycles. The summed E-state index contributed by atoms with van der Waals surface area (Å²) < 4.78 is 0. The third-order valence-corrected chi connectivity index (χ3v) is 4.30. The zero-order valence-corrected chi connectivity index (χ0v) is 13.5. The van der Waals surface area contributed by atoms with Gasteiger partial charge >= 0.3 is 5.97 Å². The number of aliphatic carboxylic acids is 1. The Bertz CT molecular complexity index is 292. The van der Waals surface area contributed by atoms with Crippen molar-refractivity contribution in [3.8, 4) is 0 Å².